The summed E-state index contributed by atoms with van der Waals surface area (Å²) in [6.45, 7) is -5.21. The summed E-state index contributed by atoms with van der Waals surface area (Å²) in [5, 5.41) is 201. The van der Waals surface area contributed by atoms with E-state index in [9.17, 15) is 106 Å². The summed E-state index contributed by atoms with van der Waals surface area (Å²) < 4.78 is 69.7. The minimum absolute atomic E-state index is 0.258. The highest BCUT2D eigenvalue weighted by molar-refractivity contribution is 5.73. The molecule has 6 heterocycles. The van der Waals surface area contributed by atoms with Crippen LogP contribution in [0.2, 0.25) is 0 Å². The molecule has 36 nitrogen and oxygen atoms in total. The van der Waals surface area contributed by atoms with Crippen LogP contribution in [-0.4, -0.2) is 353 Å². The topological polar surface area (TPSA) is 562 Å². The maximum absolute atomic E-state index is 12.6. The molecular formula is C44H75N3O33. The van der Waals surface area contributed by atoms with Crippen molar-refractivity contribution in [2.24, 2.45) is 0 Å². The summed E-state index contributed by atoms with van der Waals surface area (Å²) >= 11 is 0. The smallest absolute Gasteiger partial charge is 0.217 e. The van der Waals surface area contributed by atoms with E-state index in [1.54, 1.807) is 0 Å². The minimum Gasteiger partial charge on any atom is -0.394 e. The number of hydrogen-bond acceptors (Lipinski definition) is 33. The fourth-order valence-electron chi connectivity index (χ4n) is 9.90. The highest BCUT2D eigenvalue weighted by atomic mass is 16.8. The Kier molecular flexibility index (Phi) is 24.7. The first-order chi connectivity index (χ1) is 38.0. The third-order valence-corrected chi connectivity index (χ3v) is 14.2. The molecule has 464 valence electrons. The fraction of sp³-hybridized carbons (Fsp3) is 0.932. The quantitative estimate of drug-likeness (QED) is 0.0399. The molecule has 0 aromatic rings. The zero-order chi connectivity index (χ0) is 59.0. The van der Waals surface area contributed by atoms with Crippen LogP contribution in [0.4, 0.5) is 0 Å². The van der Waals surface area contributed by atoms with Gasteiger partial charge in [-0.2, -0.15) is 0 Å². The van der Waals surface area contributed by atoms with E-state index >= 15 is 0 Å². The number of carbonyl (C=O) groups is 3. The maximum Gasteiger partial charge on any atom is 0.217 e. The van der Waals surface area contributed by atoms with E-state index in [-0.39, 0.29) is 6.41 Å². The molecule has 0 aromatic carbocycles. The van der Waals surface area contributed by atoms with Crippen LogP contribution < -0.4 is 16.0 Å². The van der Waals surface area contributed by atoms with Gasteiger partial charge in [0.25, 0.3) is 0 Å². The van der Waals surface area contributed by atoms with Gasteiger partial charge in [-0.15, -0.1) is 0 Å². The number of carbonyl (C=O) groups excluding carboxylic acids is 3. The van der Waals surface area contributed by atoms with Crippen LogP contribution >= 0.6 is 0 Å². The number of amides is 3. The van der Waals surface area contributed by atoms with Gasteiger partial charge in [-0.3, -0.25) is 14.4 Å². The zero-order valence-electron chi connectivity index (χ0n) is 42.8. The van der Waals surface area contributed by atoms with Gasteiger partial charge in [-0.1, -0.05) is 0 Å². The van der Waals surface area contributed by atoms with Crippen molar-refractivity contribution in [3.05, 3.63) is 0 Å². The normalized spacial score (nSPS) is 46.8. The zero-order valence-corrected chi connectivity index (χ0v) is 42.8. The Labute approximate surface area is 453 Å². The van der Waals surface area contributed by atoms with Crippen molar-refractivity contribution in [2.75, 3.05) is 52.9 Å². The first-order valence-corrected chi connectivity index (χ1v) is 25.3. The molecule has 36 heteroatoms. The molecule has 6 aliphatic heterocycles. The Morgan fingerprint density at radius 3 is 1.26 bits per heavy atom. The number of hydrogen-bond donors (Lipinski definition) is 21. The van der Waals surface area contributed by atoms with Crippen molar-refractivity contribution in [3.8, 4) is 0 Å². The van der Waals surface area contributed by atoms with Gasteiger partial charge in [0, 0.05) is 13.8 Å². The Bertz CT molecular complexity index is 1920. The number of aliphatic hydroxyl groups is 18. The van der Waals surface area contributed by atoms with Gasteiger partial charge >= 0.3 is 0 Å². The summed E-state index contributed by atoms with van der Waals surface area (Å²) in [4.78, 5) is 35.9. The molecule has 6 fully saturated rings. The van der Waals surface area contributed by atoms with Crippen LogP contribution in [-0.2, 0) is 71.2 Å². The van der Waals surface area contributed by atoms with Crippen molar-refractivity contribution in [1.29, 1.82) is 0 Å². The Morgan fingerprint density at radius 1 is 0.400 bits per heavy atom. The number of aliphatic hydroxyl groups excluding tert-OH is 18. The Balaban J connectivity index is 1.32. The molecule has 0 unspecified atom stereocenters. The van der Waals surface area contributed by atoms with Gasteiger partial charge in [0.2, 0.25) is 18.2 Å². The Morgan fingerprint density at radius 2 is 0.762 bits per heavy atom. The lowest BCUT2D eigenvalue weighted by molar-refractivity contribution is -0.401. The van der Waals surface area contributed by atoms with E-state index in [1.807, 2.05) is 0 Å². The maximum atomic E-state index is 12.6. The van der Waals surface area contributed by atoms with E-state index < -0.39 is 255 Å². The second-order valence-corrected chi connectivity index (χ2v) is 19.7. The van der Waals surface area contributed by atoms with Gasteiger partial charge in [0.15, 0.2) is 37.7 Å². The Hall–Kier alpha value is -2.79. The second-order valence-electron chi connectivity index (χ2n) is 19.7. The van der Waals surface area contributed by atoms with Crippen molar-refractivity contribution in [2.45, 2.75) is 204 Å². The molecule has 0 aliphatic carbocycles. The van der Waals surface area contributed by atoms with Gasteiger partial charge < -0.3 is 165 Å². The van der Waals surface area contributed by atoms with Crippen molar-refractivity contribution in [3.63, 3.8) is 0 Å². The molecule has 6 aliphatic rings. The van der Waals surface area contributed by atoms with E-state index in [0.717, 1.165) is 13.8 Å². The van der Waals surface area contributed by atoms with E-state index in [0.29, 0.717) is 0 Å². The van der Waals surface area contributed by atoms with Crippen LogP contribution in [0, 0.1) is 0 Å². The van der Waals surface area contributed by atoms with Crippen LogP contribution in [0.3, 0.4) is 0 Å². The average molecular weight is 1170 g/mol. The monoisotopic (exact) mass is 1170 g/mol. The predicted molar refractivity (Wildman–Crippen MR) is 246 cm³/mol. The molecule has 21 N–H and O–H groups in total. The summed E-state index contributed by atoms with van der Waals surface area (Å²) in [7, 11) is 0. The van der Waals surface area contributed by atoms with E-state index in [2.05, 4.69) is 16.0 Å². The van der Waals surface area contributed by atoms with Gasteiger partial charge in [0.05, 0.1) is 58.9 Å². The number of nitrogens with one attached hydrogen (secondary N) is 3. The van der Waals surface area contributed by atoms with Crippen LogP contribution in [0.25, 0.3) is 0 Å². The average Bonchev–Trinajstić information content (AvgIpc) is 3.56. The molecule has 80 heavy (non-hydrogen) atoms. The lowest BCUT2D eigenvalue weighted by Gasteiger charge is -2.51. The molecule has 6 rings (SSSR count). The van der Waals surface area contributed by atoms with Crippen LogP contribution in [0.15, 0.2) is 0 Å². The lowest BCUT2D eigenvalue weighted by atomic mass is 9.94. The first-order valence-electron chi connectivity index (χ1n) is 25.3. The molecule has 0 bridgehead atoms. The highest BCUT2D eigenvalue weighted by Gasteiger charge is 2.59. The summed E-state index contributed by atoms with van der Waals surface area (Å²) in [6, 6.07) is -4.52. The molecule has 0 saturated carbocycles. The third-order valence-electron chi connectivity index (χ3n) is 14.2. The van der Waals surface area contributed by atoms with Gasteiger partial charge in [-0.05, 0) is 0 Å². The second kappa shape index (κ2) is 29.8. The van der Waals surface area contributed by atoms with E-state index in [4.69, 9.17) is 56.8 Å². The third kappa shape index (κ3) is 14.8. The summed E-state index contributed by atoms with van der Waals surface area (Å²) in [5.74, 6) is -1.68. The highest BCUT2D eigenvalue weighted by Crippen LogP contribution is 2.38. The molecule has 0 aromatic heterocycles. The standard InChI is InChI=1S/C44H75N3O33/c1-12(56)46-21-26(61)23(58)15(4-49)70-39(21)78-36-20(9-54)75-44(77-35-19(8-53)74-41(31(66)29(35)64)69-10-14(3-48)45-11-55)33(68)38(36)80-43-32(67)37(25(60)17(6-51)72-43)79-40-22(47-13(2)57)27(62)34(18(7-52)73-40)76-42-30(65)28(63)24(59)16(5-50)71-42/h11,14-44,48-54,58-68H,3-10H2,1-2H3,(H,45,55)(H,46,56)(H,47,57)/t14-,15-,16-,17-,18-,19-,20-,21-,22-,23+,24+,25+,26-,27-,28+,29-,30-,31-,32-,33-,34-,35-,36+,37+,38-,39+,40+,41-,42+,43-,44+/m1/s1. The van der Waals surface area contributed by atoms with Crippen LogP contribution in [0.5, 0.6) is 0 Å². The molecule has 31 atom stereocenters. The minimum atomic E-state index is -2.36. The first kappa shape index (κ1) is 66.4. The van der Waals surface area contributed by atoms with Crippen molar-refractivity contribution >= 4 is 18.2 Å². The lowest BCUT2D eigenvalue weighted by Crippen LogP contribution is -2.70. The SMILES string of the molecule is CC(=O)N[C@H]1[C@H](O[C@H]2[C@@H](O)[C@@H](CO)O[C@H](O[C@@H]3[C@@H](O)[C@H](O[C@H]4[C@H](O)[C@@H](O)[C@H](OC[C@@H](CO)NC=O)O[C@@H]4CO)O[C@H](CO)[C@@H]3O[C@@H]3O[C@H](CO)[C@H](O)[C@H](O)[C@H]3NC(C)=O)[C@@H]2O)O[C@H](CO)[C@@H](O[C@@H]2O[C@H](CO)[C@H](O)[C@H](O)[C@H]2O)[C@@H]1O. The van der Waals surface area contributed by atoms with E-state index in [1.165, 1.54) is 0 Å². The molecule has 0 spiro atoms. The van der Waals surface area contributed by atoms with Crippen molar-refractivity contribution in [1.82, 2.24) is 16.0 Å². The summed E-state index contributed by atoms with van der Waals surface area (Å²) in [6.07, 6.45) is -54.5. The molecular weight excluding hydrogens is 1100 g/mol. The molecule has 6 saturated heterocycles. The van der Waals surface area contributed by atoms with Crippen molar-refractivity contribution < 1.29 is 163 Å². The number of rotatable bonds is 24. The number of ether oxygens (including phenoxy) is 12. The fourth-order valence-corrected chi connectivity index (χ4v) is 9.90. The van der Waals surface area contributed by atoms with Gasteiger partial charge in [0.1, 0.15) is 146 Å². The predicted octanol–water partition coefficient (Wildman–Crippen LogP) is -14.7. The molecule has 0 radical (unpaired) electrons. The van der Waals surface area contributed by atoms with Gasteiger partial charge in [-0.25, -0.2) is 0 Å². The molecule has 3 amide bonds. The van der Waals surface area contributed by atoms with Crippen LogP contribution in [0.1, 0.15) is 13.8 Å². The largest absolute Gasteiger partial charge is 0.394 e. The summed E-state index contributed by atoms with van der Waals surface area (Å²) in [5.41, 5.74) is 0.